The van der Waals surface area contributed by atoms with E-state index in [4.69, 9.17) is 11.6 Å². The summed E-state index contributed by atoms with van der Waals surface area (Å²) in [6.07, 6.45) is 0.659. The molecule has 0 saturated heterocycles. The zero-order valence-corrected chi connectivity index (χ0v) is 15.5. The van der Waals surface area contributed by atoms with Crippen LogP contribution in [0.2, 0.25) is 4.34 Å². The fourth-order valence-electron chi connectivity index (χ4n) is 1.84. The average molecular weight is 413 g/mol. The van der Waals surface area contributed by atoms with Gasteiger partial charge >= 0.3 is 0 Å². The monoisotopic (exact) mass is 411 g/mol. The van der Waals surface area contributed by atoms with Crippen LogP contribution in [0.5, 0.6) is 0 Å². The van der Waals surface area contributed by atoms with Gasteiger partial charge in [0.1, 0.15) is 4.21 Å². The summed E-state index contributed by atoms with van der Waals surface area (Å²) in [4.78, 5) is 0. The minimum Gasteiger partial charge on any atom is -0.268 e. The molecule has 0 radical (unpaired) electrons. The molecule has 21 heavy (non-hydrogen) atoms. The van der Waals surface area contributed by atoms with Gasteiger partial charge in [0, 0.05) is 18.8 Å². The zero-order chi connectivity index (χ0) is 15.6. The summed E-state index contributed by atoms with van der Waals surface area (Å²) in [5.41, 5.74) is 1.97. The Morgan fingerprint density at radius 3 is 2.67 bits per heavy atom. The Morgan fingerprint density at radius 1 is 1.43 bits per heavy atom. The minimum atomic E-state index is -3.46. The maximum absolute atomic E-state index is 12.0. The molecular formula is C12H15BrClN3O2S2. The van der Waals surface area contributed by atoms with Crippen LogP contribution in [0.3, 0.4) is 0 Å². The first kappa shape index (κ1) is 17.0. The second-order valence-corrected chi connectivity index (χ2v) is 9.02. The summed E-state index contributed by atoms with van der Waals surface area (Å²) >= 11 is 10.3. The lowest BCUT2D eigenvalue weighted by atomic mass is 10.4. The van der Waals surface area contributed by atoms with Crippen molar-refractivity contribution in [2.24, 2.45) is 0 Å². The molecule has 2 aromatic rings. The van der Waals surface area contributed by atoms with E-state index in [1.807, 2.05) is 18.5 Å². The first-order valence-electron chi connectivity index (χ1n) is 6.26. The quantitative estimate of drug-likeness (QED) is 0.740. The van der Waals surface area contributed by atoms with Crippen LogP contribution in [-0.4, -0.2) is 24.7 Å². The van der Waals surface area contributed by atoms with E-state index in [2.05, 4.69) is 25.8 Å². The molecule has 0 aliphatic heterocycles. The highest BCUT2D eigenvalue weighted by Crippen LogP contribution is 2.25. The van der Waals surface area contributed by atoms with Crippen molar-refractivity contribution in [1.29, 1.82) is 0 Å². The molecule has 0 unspecified atom stereocenters. The highest BCUT2D eigenvalue weighted by Gasteiger charge is 2.16. The molecule has 0 aliphatic rings. The van der Waals surface area contributed by atoms with Crippen molar-refractivity contribution in [3.8, 4) is 0 Å². The Hall–Kier alpha value is -0.410. The highest BCUT2D eigenvalue weighted by atomic mass is 79.9. The Kier molecular flexibility index (Phi) is 5.48. The van der Waals surface area contributed by atoms with Crippen LogP contribution >= 0.6 is 38.9 Å². The van der Waals surface area contributed by atoms with Crippen molar-refractivity contribution in [2.75, 3.05) is 6.54 Å². The Morgan fingerprint density at radius 2 is 2.14 bits per heavy atom. The molecule has 116 valence electrons. The lowest BCUT2D eigenvalue weighted by Gasteiger charge is -2.06. The van der Waals surface area contributed by atoms with Crippen LogP contribution in [0.1, 0.15) is 17.8 Å². The lowest BCUT2D eigenvalue weighted by Crippen LogP contribution is -2.25. The molecule has 2 rings (SSSR count). The van der Waals surface area contributed by atoms with E-state index in [0.717, 1.165) is 27.2 Å². The predicted octanol–water partition coefficient (Wildman–Crippen LogP) is 3.35. The first-order valence-corrected chi connectivity index (χ1v) is 9.73. The van der Waals surface area contributed by atoms with Gasteiger partial charge in [0.15, 0.2) is 0 Å². The first-order chi connectivity index (χ1) is 9.81. The van der Waals surface area contributed by atoms with E-state index >= 15 is 0 Å². The molecule has 9 heteroatoms. The zero-order valence-electron chi connectivity index (χ0n) is 11.6. The van der Waals surface area contributed by atoms with Gasteiger partial charge in [-0.15, -0.1) is 11.3 Å². The molecule has 0 spiro atoms. The van der Waals surface area contributed by atoms with E-state index in [1.165, 1.54) is 6.07 Å². The molecule has 0 atom stereocenters. The summed E-state index contributed by atoms with van der Waals surface area (Å²) in [6, 6.07) is 3.08. The number of rotatable bonds is 6. The Bertz CT molecular complexity index is 740. The maximum atomic E-state index is 12.0. The molecule has 1 N–H and O–H groups in total. The number of hydrogen-bond acceptors (Lipinski definition) is 4. The highest BCUT2D eigenvalue weighted by molar-refractivity contribution is 9.10. The van der Waals surface area contributed by atoms with Crippen LogP contribution in [0, 0.1) is 13.8 Å². The third-order valence-electron chi connectivity index (χ3n) is 2.95. The summed E-state index contributed by atoms with van der Waals surface area (Å²) in [5, 5.41) is 4.38. The second-order valence-electron chi connectivity index (χ2n) is 4.52. The number of nitrogens with one attached hydrogen (secondary N) is 1. The summed E-state index contributed by atoms with van der Waals surface area (Å²) in [6.45, 7) is 4.92. The summed E-state index contributed by atoms with van der Waals surface area (Å²) in [5.74, 6) is 0. The molecule has 0 saturated carbocycles. The molecule has 0 fully saturated rings. The van der Waals surface area contributed by atoms with Crippen molar-refractivity contribution in [2.45, 2.75) is 31.0 Å². The number of halogens is 2. The molecule has 0 aromatic carbocycles. The van der Waals surface area contributed by atoms with E-state index in [-0.39, 0.29) is 4.21 Å². The van der Waals surface area contributed by atoms with Gasteiger partial charge in [-0.05, 0) is 48.3 Å². The number of thiophene rings is 1. The van der Waals surface area contributed by atoms with Gasteiger partial charge in [-0.25, -0.2) is 13.1 Å². The third kappa shape index (κ3) is 4.07. The van der Waals surface area contributed by atoms with Gasteiger partial charge in [-0.1, -0.05) is 11.6 Å². The number of nitrogens with zero attached hydrogens (tertiary/aromatic N) is 2. The van der Waals surface area contributed by atoms with Gasteiger partial charge in [0.25, 0.3) is 0 Å². The normalized spacial score (nSPS) is 12.0. The van der Waals surface area contributed by atoms with Crippen LogP contribution in [-0.2, 0) is 16.6 Å². The van der Waals surface area contributed by atoms with E-state index < -0.39 is 10.0 Å². The number of aromatic nitrogens is 2. The number of hydrogen-bond donors (Lipinski definition) is 1. The van der Waals surface area contributed by atoms with Gasteiger partial charge in [-0.2, -0.15) is 5.10 Å². The van der Waals surface area contributed by atoms with Crippen molar-refractivity contribution in [1.82, 2.24) is 14.5 Å². The van der Waals surface area contributed by atoms with Gasteiger partial charge < -0.3 is 0 Å². The smallest absolute Gasteiger partial charge is 0.250 e. The van der Waals surface area contributed by atoms with Crippen molar-refractivity contribution in [3.63, 3.8) is 0 Å². The molecule has 0 aliphatic carbocycles. The van der Waals surface area contributed by atoms with E-state index in [1.54, 1.807) is 6.07 Å². The average Bonchev–Trinajstić information content (AvgIpc) is 2.96. The minimum absolute atomic E-state index is 0.237. The standard InChI is InChI=1S/C12H15BrClN3O2S2/c1-8-12(13)9(2)17(16-8)7-3-6-15-21(18,19)11-5-4-10(14)20-11/h4-5,15H,3,6-7H2,1-2H3. The molecule has 5 nitrogen and oxygen atoms in total. The molecule has 2 heterocycles. The van der Waals surface area contributed by atoms with Crippen LogP contribution < -0.4 is 4.72 Å². The van der Waals surface area contributed by atoms with Crippen molar-refractivity contribution >= 4 is 48.9 Å². The maximum Gasteiger partial charge on any atom is 0.250 e. The topological polar surface area (TPSA) is 64.0 Å². The lowest BCUT2D eigenvalue weighted by molar-refractivity contribution is 0.545. The second kappa shape index (κ2) is 6.78. The fraction of sp³-hybridized carbons (Fsp3) is 0.417. The fourth-order valence-corrected chi connectivity index (χ4v) is 4.73. The van der Waals surface area contributed by atoms with E-state index in [0.29, 0.717) is 23.8 Å². The Balaban J connectivity index is 1.88. The summed E-state index contributed by atoms with van der Waals surface area (Å²) < 4.78 is 30.1. The van der Waals surface area contributed by atoms with Crippen molar-refractivity contribution in [3.05, 3.63) is 32.3 Å². The van der Waals surface area contributed by atoms with Crippen LogP contribution in [0.25, 0.3) is 0 Å². The molecule has 2 aromatic heterocycles. The summed E-state index contributed by atoms with van der Waals surface area (Å²) in [7, 11) is -3.46. The predicted molar refractivity (Wildman–Crippen MR) is 88.5 cm³/mol. The Labute approximate surface area is 141 Å². The largest absolute Gasteiger partial charge is 0.268 e. The van der Waals surface area contributed by atoms with Crippen molar-refractivity contribution < 1.29 is 8.42 Å². The van der Waals surface area contributed by atoms with E-state index in [9.17, 15) is 8.42 Å². The molecule has 0 bridgehead atoms. The van der Waals surface area contributed by atoms with Crippen LogP contribution in [0.4, 0.5) is 0 Å². The van der Waals surface area contributed by atoms with Gasteiger partial charge in [0.05, 0.1) is 14.5 Å². The van der Waals surface area contributed by atoms with Gasteiger partial charge in [0.2, 0.25) is 10.0 Å². The molecular weight excluding hydrogens is 398 g/mol. The third-order valence-corrected chi connectivity index (χ3v) is 7.28. The molecule has 0 amide bonds. The van der Waals surface area contributed by atoms with Gasteiger partial charge in [-0.3, -0.25) is 4.68 Å². The van der Waals surface area contributed by atoms with Crippen LogP contribution in [0.15, 0.2) is 20.8 Å². The number of aryl methyl sites for hydroxylation is 2. The number of sulfonamides is 1. The SMILES string of the molecule is Cc1nn(CCCNS(=O)(=O)c2ccc(Cl)s2)c(C)c1Br.